The van der Waals surface area contributed by atoms with E-state index in [4.69, 9.17) is 10.5 Å². The number of aromatic amines is 1. The Labute approximate surface area is 251 Å². The summed E-state index contributed by atoms with van der Waals surface area (Å²) < 4.78 is 1.46. The van der Waals surface area contributed by atoms with Gasteiger partial charge in [-0.3, -0.25) is 19.7 Å². The van der Waals surface area contributed by atoms with Gasteiger partial charge in [0.05, 0.1) is 12.1 Å². The zero-order valence-corrected chi connectivity index (χ0v) is 26.2. The standard InChI is InChI=1S/C22H27N7O.C6H12O.C2H5N.C2H6/c1-3-9-27-11-13-28(14-12-27)16-17-5-7-18(8-6-17)24-22-23-15-19-20(25-22)26-29(10-4-2)21(19)30;1-4-5-6(2,3)7;1-2-3;1-2/h3-8,15H,1-2,9-14,16H2,(H2,23,24,25,26);4-5,7H,1-3H3;2-3H,1H3;1-2H3/b;5-4+;;. The number of nitrogens with one attached hydrogen (secondary N) is 3. The maximum atomic E-state index is 12.2. The number of fused-ring (bicyclic) bond motifs is 1. The normalized spacial score (nSPS) is 13.6. The maximum Gasteiger partial charge on any atom is 0.277 e. The molecule has 1 saturated heterocycles. The van der Waals surface area contributed by atoms with Crippen LogP contribution in [0.2, 0.25) is 0 Å². The minimum atomic E-state index is -0.630. The fourth-order valence-corrected chi connectivity index (χ4v) is 4.07. The van der Waals surface area contributed by atoms with Crippen LogP contribution in [-0.4, -0.2) is 79.2 Å². The lowest BCUT2D eigenvalue weighted by molar-refractivity contribution is 0.133. The van der Waals surface area contributed by atoms with Gasteiger partial charge in [0.1, 0.15) is 5.39 Å². The summed E-state index contributed by atoms with van der Waals surface area (Å²) in [6.45, 7) is 25.2. The summed E-state index contributed by atoms with van der Waals surface area (Å²) in [7, 11) is 0. The quantitative estimate of drug-likeness (QED) is 0.199. The highest BCUT2D eigenvalue weighted by molar-refractivity contribution is 5.74. The van der Waals surface area contributed by atoms with E-state index >= 15 is 0 Å². The molecule has 0 radical (unpaired) electrons. The van der Waals surface area contributed by atoms with Crippen LogP contribution < -0.4 is 10.9 Å². The van der Waals surface area contributed by atoms with E-state index in [1.807, 2.05) is 45.1 Å². The molecule has 0 aliphatic carbocycles. The zero-order valence-electron chi connectivity index (χ0n) is 26.2. The molecule has 3 aromatic rings. The lowest BCUT2D eigenvalue weighted by Crippen LogP contribution is -2.45. The van der Waals surface area contributed by atoms with E-state index in [1.54, 1.807) is 39.1 Å². The Kier molecular flexibility index (Phi) is 16.6. The number of H-pyrrole nitrogens is 1. The highest BCUT2D eigenvalue weighted by Gasteiger charge is 2.16. The van der Waals surface area contributed by atoms with Crippen LogP contribution in [0.3, 0.4) is 0 Å². The number of rotatable bonds is 9. The molecule has 1 aliphatic rings. The Morgan fingerprint density at radius 3 is 2.12 bits per heavy atom. The average molecular weight is 579 g/mol. The number of aromatic nitrogens is 4. The molecule has 10 heteroatoms. The van der Waals surface area contributed by atoms with Crippen LogP contribution >= 0.6 is 0 Å². The molecule has 0 atom stereocenters. The first kappa shape index (κ1) is 36.2. The molecule has 0 bridgehead atoms. The number of hydrogen-bond acceptors (Lipinski definition) is 8. The van der Waals surface area contributed by atoms with Crippen LogP contribution in [0.5, 0.6) is 0 Å². The fourth-order valence-electron chi connectivity index (χ4n) is 4.07. The van der Waals surface area contributed by atoms with Gasteiger partial charge in [-0.05, 0) is 51.6 Å². The van der Waals surface area contributed by atoms with Crippen LogP contribution in [0.1, 0.15) is 47.1 Å². The van der Waals surface area contributed by atoms with Crippen molar-refractivity contribution in [3.63, 3.8) is 0 Å². The molecule has 3 heterocycles. The molecule has 0 amide bonds. The molecule has 42 heavy (non-hydrogen) atoms. The van der Waals surface area contributed by atoms with Gasteiger partial charge in [0.15, 0.2) is 5.65 Å². The van der Waals surface area contributed by atoms with E-state index in [2.05, 4.69) is 55.5 Å². The Morgan fingerprint density at radius 1 is 1.05 bits per heavy atom. The first-order chi connectivity index (χ1) is 20.1. The largest absolute Gasteiger partial charge is 0.386 e. The van der Waals surface area contributed by atoms with Crippen LogP contribution in [0.4, 0.5) is 11.6 Å². The van der Waals surface area contributed by atoms with Crippen molar-refractivity contribution in [1.29, 1.82) is 5.41 Å². The second-order valence-electron chi connectivity index (χ2n) is 9.90. The van der Waals surface area contributed by atoms with Gasteiger partial charge in [-0.1, -0.05) is 50.3 Å². The third-order valence-corrected chi connectivity index (χ3v) is 5.86. The number of hydrogen-bond donors (Lipinski definition) is 4. The maximum absolute atomic E-state index is 12.2. The van der Waals surface area contributed by atoms with E-state index in [-0.39, 0.29) is 5.56 Å². The van der Waals surface area contributed by atoms with Gasteiger partial charge < -0.3 is 15.8 Å². The van der Waals surface area contributed by atoms with Gasteiger partial charge in [0.2, 0.25) is 5.95 Å². The molecule has 0 saturated carbocycles. The molecule has 1 aromatic carbocycles. The highest BCUT2D eigenvalue weighted by Crippen LogP contribution is 2.17. The zero-order chi connectivity index (χ0) is 31.5. The number of nitrogens with zero attached hydrogens (tertiary/aromatic N) is 5. The molecule has 10 nitrogen and oxygen atoms in total. The van der Waals surface area contributed by atoms with Crippen molar-refractivity contribution in [3.8, 4) is 0 Å². The van der Waals surface area contributed by atoms with E-state index in [9.17, 15) is 4.79 Å². The number of anilines is 2. The van der Waals surface area contributed by atoms with Crippen molar-refractivity contribution in [2.75, 3.05) is 38.0 Å². The van der Waals surface area contributed by atoms with Crippen LogP contribution in [-0.2, 0) is 13.1 Å². The number of aliphatic hydroxyl groups is 1. The summed E-state index contributed by atoms with van der Waals surface area (Å²) in [6.07, 6.45) is 10.00. The van der Waals surface area contributed by atoms with Crippen molar-refractivity contribution in [1.82, 2.24) is 29.5 Å². The van der Waals surface area contributed by atoms with E-state index in [0.29, 0.717) is 23.5 Å². The van der Waals surface area contributed by atoms with E-state index in [0.717, 1.165) is 45.0 Å². The van der Waals surface area contributed by atoms with Gasteiger partial charge in [0.25, 0.3) is 5.56 Å². The third kappa shape index (κ3) is 12.8. The van der Waals surface area contributed by atoms with E-state index < -0.39 is 5.60 Å². The monoisotopic (exact) mass is 578 g/mol. The molecule has 0 unspecified atom stereocenters. The van der Waals surface area contributed by atoms with Crippen molar-refractivity contribution >= 4 is 28.9 Å². The molecule has 4 rings (SSSR count). The summed E-state index contributed by atoms with van der Waals surface area (Å²) >= 11 is 0. The highest BCUT2D eigenvalue weighted by atomic mass is 16.3. The average Bonchev–Trinajstić information content (AvgIpc) is 3.27. The van der Waals surface area contributed by atoms with Crippen molar-refractivity contribution in [3.05, 3.63) is 83.8 Å². The summed E-state index contributed by atoms with van der Waals surface area (Å²) in [5, 5.41) is 21.7. The molecular formula is C32H50N8O2. The summed E-state index contributed by atoms with van der Waals surface area (Å²) in [5.41, 5.74) is 1.91. The lowest BCUT2D eigenvalue weighted by Gasteiger charge is -2.34. The molecule has 1 aliphatic heterocycles. The topological polar surface area (TPSA) is 126 Å². The van der Waals surface area contributed by atoms with Crippen molar-refractivity contribution < 1.29 is 5.11 Å². The Hall–Kier alpha value is -3.86. The minimum absolute atomic E-state index is 0.147. The number of benzene rings is 1. The van der Waals surface area contributed by atoms with Crippen LogP contribution in [0, 0.1) is 5.41 Å². The summed E-state index contributed by atoms with van der Waals surface area (Å²) in [6, 6.07) is 8.31. The fraction of sp³-hybridized carbons (Fsp3) is 0.438. The smallest absolute Gasteiger partial charge is 0.277 e. The molecular weight excluding hydrogens is 528 g/mol. The first-order valence-corrected chi connectivity index (χ1v) is 14.4. The van der Waals surface area contributed by atoms with Crippen LogP contribution in [0.25, 0.3) is 11.0 Å². The van der Waals surface area contributed by atoms with Gasteiger partial charge in [-0.2, -0.15) is 4.98 Å². The lowest BCUT2D eigenvalue weighted by atomic mass is 10.1. The predicted octanol–water partition coefficient (Wildman–Crippen LogP) is 5.37. The Morgan fingerprint density at radius 2 is 1.62 bits per heavy atom. The number of allylic oxidation sites excluding steroid dienone is 2. The van der Waals surface area contributed by atoms with E-state index in [1.165, 1.54) is 16.5 Å². The van der Waals surface area contributed by atoms with Gasteiger partial charge >= 0.3 is 0 Å². The first-order valence-electron chi connectivity index (χ1n) is 14.4. The van der Waals surface area contributed by atoms with Gasteiger partial charge in [0, 0.05) is 51.2 Å². The molecule has 230 valence electrons. The van der Waals surface area contributed by atoms with Crippen molar-refractivity contribution in [2.24, 2.45) is 0 Å². The third-order valence-electron chi connectivity index (χ3n) is 5.86. The molecule has 1 fully saturated rings. The second-order valence-corrected chi connectivity index (χ2v) is 9.90. The Balaban J connectivity index is 0.000000630. The summed E-state index contributed by atoms with van der Waals surface area (Å²) in [5.74, 6) is 0.445. The minimum Gasteiger partial charge on any atom is -0.386 e. The SMILES string of the molecule is C/C=C/C(C)(C)O.C=CCN1CCN(Cc2ccc(Nc3ncc4c(=O)n(CC=C)[nH]c4n3)cc2)CC1.CC.CC=N. The van der Waals surface area contributed by atoms with Crippen LogP contribution in [0.15, 0.2) is 72.7 Å². The molecule has 4 N–H and O–H groups in total. The molecule has 2 aromatic heterocycles. The summed E-state index contributed by atoms with van der Waals surface area (Å²) in [4.78, 5) is 25.8. The predicted molar refractivity (Wildman–Crippen MR) is 177 cm³/mol. The van der Waals surface area contributed by atoms with Crippen molar-refractivity contribution in [2.45, 2.75) is 60.2 Å². The second kappa shape index (κ2) is 19.3. The Bertz CT molecular complexity index is 1290. The van der Waals surface area contributed by atoms with Gasteiger partial charge in [-0.25, -0.2) is 9.67 Å². The molecule has 0 spiro atoms. The number of piperazine rings is 1. The van der Waals surface area contributed by atoms with Gasteiger partial charge in [-0.15, -0.1) is 13.2 Å².